The van der Waals surface area contributed by atoms with Crippen LogP contribution >= 0.6 is 0 Å². The van der Waals surface area contributed by atoms with Crippen LogP contribution in [0.15, 0.2) is 30.6 Å². The Bertz CT molecular complexity index is 930. The first-order valence-electron chi connectivity index (χ1n) is 7.72. The van der Waals surface area contributed by atoms with Gasteiger partial charge < -0.3 is 14.8 Å². The van der Waals surface area contributed by atoms with Crippen LogP contribution in [-0.2, 0) is 18.9 Å². The molecular formula is C16H17FN6O. The van der Waals surface area contributed by atoms with Crippen LogP contribution in [0, 0.1) is 5.82 Å². The van der Waals surface area contributed by atoms with E-state index in [1.54, 1.807) is 39.5 Å². The Kier molecular flexibility index (Phi) is 3.26. The average Bonchev–Trinajstić information content (AvgIpc) is 3.22. The number of carbonyl (C=O) groups excluding carboxylic acids is 1. The van der Waals surface area contributed by atoms with Crippen LogP contribution in [0.1, 0.15) is 6.42 Å². The molecule has 1 amide bonds. The zero-order valence-electron chi connectivity index (χ0n) is 13.4. The molecular weight excluding hydrogens is 311 g/mol. The van der Waals surface area contributed by atoms with Crippen LogP contribution in [0.4, 0.5) is 16.0 Å². The monoisotopic (exact) mass is 328 g/mol. The molecule has 2 aromatic heterocycles. The molecule has 1 aliphatic rings. The number of hydrogen-bond acceptors (Lipinski definition) is 4. The zero-order chi connectivity index (χ0) is 16.8. The molecule has 24 heavy (non-hydrogen) atoms. The minimum atomic E-state index is -0.385. The maximum atomic E-state index is 13.9. The lowest BCUT2D eigenvalue weighted by molar-refractivity contribution is -0.117. The highest BCUT2D eigenvalue weighted by molar-refractivity contribution is 6.00. The van der Waals surface area contributed by atoms with Gasteiger partial charge in [-0.1, -0.05) is 6.07 Å². The fourth-order valence-corrected chi connectivity index (χ4v) is 3.08. The summed E-state index contributed by atoms with van der Waals surface area (Å²) < 4.78 is 17.3. The number of carbonyl (C=O) groups is 1. The second-order valence-electron chi connectivity index (χ2n) is 5.95. The Labute approximate surface area is 137 Å². The highest BCUT2D eigenvalue weighted by Gasteiger charge is 2.34. The maximum absolute atomic E-state index is 13.9. The number of fused-ring (bicyclic) bond motifs is 1. The molecule has 0 radical (unpaired) electrons. The highest BCUT2D eigenvalue weighted by atomic mass is 19.1. The standard InChI is InChI=1S/C16H17FN6O/c1-21-9-10(8-18-21)23-7-6-12(15(23)24)19-16-20-14-11(17)4-3-5-13(14)22(16)2/h3-5,8-9,12H,6-7H2,1-2H3,(H,19,20). The summed E-state index contributed by atoms with van der Waals surface area (Å²) >= 11 is 0. The summed E-state index contributed by atoms with van der Waals surface area (Å²) in [5.41, 5.74) is 1.77. The lowest BCUT2D eigenvalue weighted by atomic mass is 10.2. The predicted octanol–water partition coefficient (Wildman–Crippen LogP) is 1.66. The summed E-state index contributed by atoms with van der Waals surface area (Å²) in [6, 6.07) is 4.44. The number of para-hydroxylation sites is 1. The minimum absolute atomic E-state index is 0.0319. The molecule has 1 aromatic carbocycles. The van der Waals surface area contributed by atoms with Gasteiger partial charge in [-0.05, 0) is 18.6 Å². The Morgan fingerprint density at radius 2 is 2.17 bits per heavy atom. The maximum Gasteiger partial charge on any atom is 0.249 e. The van der Waals surface area contributed by atoms with Gasteiger partial charge in [-0.25, -0.2) is 9.37 Å². The van der Waals surface area contributed by atoms with Crippen molar-refractivity contribution in [2.24, 2.45) is 14.1 Å². The summed E-state index contributed by atoms with van der Waals surface area (Å²) in [6.07, 6.45) is 4.13. The van der Waals surface area contributed by atoms with Gasteiger partial charge >= 0.3 is 0 Å². The van der Waals surface area contributed by atoms with E-state index in [0.29, 0.717) is 29.9 Å². The average molecular weight is 328 g/mol. The molecule has 1 N–H and O–H groups in total. The number of aryl methyl sites for hydroxylation is 2. The van der Waals surface area contributed by atoms with Gasteiger partial charge in [0.2, 0.25) is 11.9 Å². The van der Waals surface area contributed by atoms with Gasteiger partial charge in [0.25, 0.3) is 0 Å². The van der Waals surface area contributed by atoms with E-state index >= 15 is 0 Å². The summed E-state index contributed by atoms with van der Waals surface area (Å²) in [5, 5.41) is 7.25. The number of hydrogen-bond donors (Lipinski definition) is 1. The van der Waals surface area contributed by atoms with E-state index in [4.69, 9.17) is 0 Å². The first kappa shape index (κ1) is 14.7. The van der Waals surface area contributed by atoms with Crippen LogP contribution in [0.3, 0.4) is 0 Å². The number of imidazole rings is 1. The number of anilines is 2. The Morgan fingerprint density at radius 3 is 2.88 bits per heavy atom. The molecule has 1 saturated heterocycles. The van der Waals surface area contributed by atoms with E-state index < -0.39 is 0 Å². The van der Waals surface area contributed by atoms with Gasteiger partial charge in [-0.3, -0.25) is 9.48 Å². The van der Waals surface area contributed by atoms with E-state index in [-0.39, 0.29) is 17.8 Å². The lowest BCUT2D eigenvalue weighted by Crippen LogP contribution is -2.33. The van der Waals surface area contributed by atoms with Gasteiger partial charge in [-0.15, -0.1) is 0 Å². The van der Waals surface area contributed by atoms with E-state index in [9.17, 15) is 9.18 Å². The van der Waals surface area contributed by atoms with Crippen molar-refractivity contribution in [1.82, 2.24) is 19.3 Å². The first-order chi connectivity index (χ1) is 11.5. The number of benzene rings is 1. The van der Waals surface area contributed by atoms with Crippen LogP contribution < -0.4 is 10.2 Å². The van der Waals surface area contributed by atoms with Crippen molar-refractivity contribution < 1.29 is 9.18 Å². The number of rotatable bonds is 3. The molecule has 8 heteroatoms. The van der Waals surface area contributed by atoms with E-state index in [2.05, 4.69) is 15.4 Å². The molecule has 1 aliphatic heterocycles. The van der Waals surface area contributed by atoms with Crippen LogP contribution in [-0.4, -0.2) is 37.8 Å². The molecule has 4 rings (SSSR count). The van der Waals surface area contributed by atoms with E-state index in [1.165, 1.54) is 6.07 Å². The minimum Gasteiger partial charge on any atom is -0.344 e. The van der Waals surface area contributed by atoms with Gasteiger partial charge in [0.1, 0.15) is 11.6 Å². The van der Waals surface area contributed by atoms with Crippen molar-refractivity contribution in [2.45, 2.75) is 12.5 Å². The highest BCUT2D eigenvalue weighted by Crippen LogP contribution is 2.25. The van der Waals surface area contributed by atoms with Crippen molar-refractivity contribution in [1.29, 1.82) is 0 Å². The summed E-state index contributed by atoms with van der Waals surface area (Å²) in [7, 11) is 3.61. The molecule has 3 aromatic rings. The van der Waals surface area contributed by atoms with Gasteiger partial charge in [0.05, 0.1) is 17.4 Å². The number of aromatic nitrogens is 4. The van der Waals surface area contributed by atoms with Crippen molar-refractivity contribution in [3.8, 4) is 0 Å². The van der Waals surface area contributed by atoms with Crippen molar-refractivity contribution in [2.75, 3.05) is 16.8 Å². The molecule has 0 bridgehead atoms. The fraction of sp³-hybridized carbons (Fsp3) is 0.312. The lowest BCUT2D eigenvalue weighted by Gasteiger charge is -2.15. The summed E-state index contributed by atoms with van der Waals surface area (Å²) in [6.45, 7) is 0.612. The molecule has 0 aliphatic carbocycles. The van der Waals surface area contributed by atoms with Crippen LogP contribution in [0.2, 0.25) is 0 Å². The second kappa shape index (κ2) is 5.33. The molecule has 1 unspecified atom stereocenters. The van der Waals surface area contributed by atoms with Gasteiger partial charge in [0, 0.05) is 26.8 Å². The second-order valence-corrected chi connectivity index (χ2v) is 5.95. The van der Waals surface area contributed by atoms with E-state index in [1.807, 2.05) is 13.2 Å². The largest absolute Gasteiger partial charge is 0.344 e. The molecule has 124 valence electrons. The van der Waals surface area contributed by atoms with Gasteiger partial charge in [0.15, 0.2) is 5.82 Å². The van der Waals surface area contributed by atoms with Crippen LogP contribution in [0.5, 0.6) is 0 Å². The first-order valence-corrected chi connectivity index (χ1v) is 7.72. The fourth-order valence-electron chi connectivity index (χ4n) is 3.08. The van der Waals surface area contributed by atoms with Crippen molar-refractivity contribution >= 4 is 28.6 Å². The third-order valence-corrected chi connectivity index (χ3v) is 4.37. The quantitative estimate of drug-likeness (QED) is 0.794. The molecule has 0 spiro atoms. The number of nitrogens with zero attached hydrogens (tertiary/aromatic N) is 5. The number of amides is 1. The number of halogens is 1. The molecule has 1 fully saturated rings. The van der Waals surface area contributed by atoms with Crippen molar-refractivity contribution in [3.63, 3.8) is 0 Å². The predicted molar refractivity (Wildman–Crippen MR) is 88.3 cm³/mol. The number of nitrogens with one attached hydrogen (secondary N) is 1. The molecule has 1 atom stereocenters. The Balaban J connectivity index is 1.59. The van der Waals surface area contributed by atoms with Gasteiger partial charge in [-0.2, -0.15) is 5.10 Å². The molecule has 3 heterocycles. The van der Waals surface area contributed by atoms with Crippen LogP contribution in [0.25, 0.3) is 11.0 Å². The Morgan fingerprint density at radius 1 is 1.33 bits per heavy atom. The van der Waals surface area contributed by atoms with Crippen molar-refractivity contribution in [3.05, 3.63) is 36.4 Å². The summed E-state index contributed by atoms with van der Waals surface area (Å²) in [5.74, 6) is 0.0860. The normalized spacial score (nSPS) is 17.9. The van der Waals surface area contributed by atoms with E-state index in [0.717, 1.165) is 5.69 Å². The third-order valence-electron chi connectivity index (χ3n) is 4.37. The summed E-state index contributed by atoms with van der Waals surface area (Å²) in [4.78, 5) is 18.6. The molecule has 0 saturated carbocycles. The zero-order valence-corrected chi connectivity index (χ0v) is 13.4. The molecule has 7 nitrogen and oxygen atoms in total. The Hall–Kier alpha value is -2.90. The topological polar surface area (TPSA) is 68.0 Å². The third kappa shape index (κ3) is 2.22. The smallest absolute Gasteiger partial charge is 0.249 e. The SMILES string of the molecule is Cn1cc(N2CCC(Nc3nc4c(F)cccc4n3C)C2=O)cn1.